The Morgan fingerprint density at radius 1 is 0.405 bits per heavy atom. The Balaban J connectivity index is 1.21. The number of benzene rings is 6. The summed E-state index contributed by atoms with van der Waals surface area (Å²) in [5.41, 5.74) is 11.9. The molecule has 9 aromatic rings. The normalized spacial score (nSPS) is 11.8. The quantitative estimate of drug-likeness (QED) is 0.244. The predicted molar refractivity (Wildman–Crippen MR) is 172 cm³/mol. The maximum absolute atomic E-state index is 6.14. The summed E-state index contributed by atoms with van der Waals surface area (Å²) in [6.07, 6.45) is 0. The van der Waals surface area contributed by atoms with Gasteiger partial charge in [-0.15, -0.1) is 0 Å². The zero-order valence-corrected chi connectivity index (χ0v) is 22.5. The molecule has 0 spiro atoms. The molecule has 0 bridgehead atoms. The minimum absolute atomic E-state index is 0.879. The highest BCUT2D eigenvalue weighted by Crippen LogP contribution is 2.38. The first-order valence-electron chi connectivity index (χ1n) is 14.1. The van der Waals surface area contributed by atoms with Crippen LogP contribution < -0.4 is 0 Å². The largest absolute Gasteiger partial charge is 0.456 e. The molecule has 3 aromatic heterocycles. The second kappa shape index (κ2) is 8.88. The Kier molecular flexibility index (Phi) is 4.87. The molecule has 0 amide bonds. The van der Waals surface area contributed by atoms with Crippen LogP contribution >= 0.6 is 0 Å². The summed E-state index contributed by atoms with van der Waals surface area (Å²) in [6, 6.07) is 46.2. The van der Waals surface area contributed by atoms with Gasteiger partial charge in [-0.3, -0.25) is 0 Å². The number of hydrogen-bond donors (Lipinski definition) is 1. The van der Waals surface area contributed by atoms with Crippen LogP contribution in [0, 0.1) is 0 Å². The van der Waals surface area contributed by atoms with Gasteiger partial charge >= 0.3 is 0 Å². The number of fused-ring (bicyclic) bond motifs is 7. The van der Waals surface area contributed by atoms with E-state index >= 15 is 0 Å². The summed E-state index contributed by atoms with van der Waals surface area (Å²) < 4.78 is 6.14. The zero-order valence-electron chi connectivity index (χ0n) is 22.5. The van der Waals surface area contributed by atoms with Gasteiger partial charge in [-0.05, 0) is 53.6 Å². The van der Waals surface area contributed by atoms with Crippen LogP contribution in [0.15, 0.2) is 138 Å². The van der Waals surface area contributed by atoms with E-state index in [1.165, 1.54) is 10.8 Å². The minimum Gasteiger partial charge on any atom is -0.456 e. The lowest BCUT2D eigenvalue weighted by molar-refractivity contribution is 0.669. The number of furan rings is 1. The Hall–Kier alpha value is -5.74. The van der Waals surface area contributed by atoms with Crippen molar-refractivity contribution in [2.45, 2.75) is 0 Å². The van der Waals surface area contributed by atoms with Gasteiger partial charge < -0.3 is 9.40 Å². The molecule has 42 heavy (non-hydrogen) atoms. The van der Waals surface area contributed by atoms with Gasteiger partial charge in [0.05, 0.1) is 27.9 Å². The SMILES string of the molecule is c1ccc(-c2nc3ccccc3nc2-c2cccc(-c3ccc4[nH]c5cc6oc7ccccc7c6cc5c4c3)c2)cc1. The van der Waals surface area contributed by atoms with Crippen molar-refractivity contribution in [1.29, 1.82) is 0 Å². The van der Waals surface area contributed by atoms with Crippen molar-refractivity contribution in [2.75, 3.05) is 0 Å². The fourth-order valence-electron chi connectivity index (χ4n) is 6.14. The fraction of sp³-hybridized carbons (Fsp3) is 0. The van der Waals surface area contributed by atoms with E-state index in [0.717, 1.165) is 77.6 Å². The summed E-state index contributed by atoms with van der Waals surface area (Å²) in [4.78, 5) is 13.8. The molecular weight excluding hydrogens is 514 g/mol. The highest BCUT2D eigenvalue weighted by atomic mass is 16.3. The number of nitrogens with zero attached hydrogens (tertiary/aromatic N) is 2. The van der Waals surface area contributed by atoms with E-state index in [0.29, 0.717) is 0 Å². The lowest BCUT2D eigenvalue weighted by Crippen LogP contribution is -1.95. The third kappa shape index (κ3) is 3.55. The lowest BCUT2D eigenvalue weighted by Gasteiger charge is -2.12. The smallest absolute Gasteiger partial charge is 0.137 e. The highest BCUT2D eigenvalue weighted by Gasteiger charge is 2.15. The van der Waals surface area contributed by atoms with Crippen molar-refractivity contribution >= 4 is 54.8 Å². The standard InChI is InChI=1S/C38H23N3O/c1-2-9-23(10-3-1)37-38(41-33-15-6-5-14-32(33)40-37)26-12-8-11-24(19-26)25-17-18-31-28(20-25)29-21-30-27-13-4-7-16-35(27)42-36(30)22-34(29)39-31/h1-22,39H. The molecule has 1 N–H and O–H groups in total. The number of aromatic amines is 1. The minimum atomic E-state index is 0.879. The van der Waals surface area contributed by atoms with Crippen molar-refractivity contribution in [3.63, 3.8) is 0 Å². The molecule has 9 rings (SSSR count). The molecule has 0 saturated carbocycles. The first kappa shape index (κ1) is 23.0. The summed E-state index contributed by atoms with van der Waals surface area (Å²) in [7, 11) is 0. The van der Waals surface area contributed by atoms with Crippen molar-refractivity contribution < 1.29 is 4.42 Å². The number of aromatic nitrogens is 3. The number of nitrogens with one attached hydrogen (secondary N) is 1. The van der Waals surface area contributed by atoms with E-state index in [4.69, 9.17) is 14.4 Å². The molecule has 0 fully saturated rings. The van der Waals surface area contributed by atoms with E-state index in [-0.39, 0.29) is 0 Å². The zero-order chi connectivity index (χ0) is 27.6. The number of H-pyrrole nitrogens is 1. The number of para-hydroxylation sites is 3. The summed E-state index contributed by atoms with van der Waals surface area (Å²) >= 11 is 0. The average molecular weight is 538 g/mol. The molecule has 0 radical (unpaired) electrons. The van der Waals surface area contributed by atoms with Gasteiger partial charge in [0.1, 0.15) is 11.2 Å². The number of rotatable bonds is 3. The van der Waals surface area contributed by atoms with Crippen LogP contribution in [-0.4, -0.2) is 15.0 Å². The molecule has 0 aliphatic rings. The van der Waals surface area contributed by atoms with Crippen LogP contribution in [0.3, 0.4) is 0 Å². The number of hydrogen-bond acceptors (Lipinski definition) is 3. The maximum Gasteiger partial charge on any atom is 0.137 e. The van der Waals surface area contributed by atoms with Gasteiger partial charge in [0.15, 0.2) is 0 Å². The molecular formula is C38H23N3O. The predicted octanol–water partition coefficient (Wildman–Crippen LogP) is 10.2. The Bertz CT molecular complexity index is 2470. The van der Waals surface area contributed by atoms with Gasteiger partial charge in [-0.1, -0.05) is 84.9 Å². The van der Waals surface area contributed by atoms with Crippen molar-refractivity contribution in [1.82, 2.24) is 15.0 Å². The second-order valence-electron chi connectivity index (χ2n) is 10.7. The van der Waals surface area contributed by atoms with Crippen molar-refractivity contribution in [3.05, 3.63) is 133 Å². The molecule has 196 valence electrons. The van der Waals surface area contributed by atoms with Crippen molar-refractivity contribution in [3.8, 4) is 33.6 Å². The molecule has 0 saturated heterocycles. The van der Waals surface area contributed by atoms with E-state index in [1.54, 1.807) is 0 Å². The van der Waals surface area contributed by atoms with Crippen LogP contribution in [0.5, 0.6) is 0 Å². The molecule has 0 aliphatic carbocycles. The van der Waals surface area contributed by atoms with Crippen molar-refractivity contribution in [2.24, 2.45) is 0 Å². The van der Waals surface area contributed by atoms with Crippen LogP contribution in [0.2, 0.25) is 0 Å². The van der Waals surface area contributed by atoms with Crippen LogP contribution in [0.4, 0.5) is 0 Å². The summed E-state index contributed by atoms with van der Waals surface area (Å²) in [6.45, 7) is 0. The first-order chi connectivity index (χ1) is 20.8. The average Bonchev–Trinajstić information content (AvgIpc) is 3.60. The molecule has 0 aliphatic heterocycles. The third-order valence-corrected chi connectivity index (χ3v) is 8.18. The first-order valence-corrected chi connectivity index (χ1v) is 14.1. The van der Waals surface area contributed by atoms with Gasteiger partial charge in [-0.2, -0.15) is 0 Å². The van der Waals surface area contributed by atoms with E-state index in [1.807, 2.05) is 54.6 Å². The Labute approximate surface area is 240 Å². The molecule has 6 aromatic carbocycles. The van der Waals surface area contributed by atoms with Crippen LogP contribution in [0.1, 0.15) is 0 Å². The van der Waals surface area contributed by atoms with E-state index in [9.17, 15) is 0 Å². The van der Waals surface area contributed by atoms with Gasteiger partial charge in [-0.25, -0.2) is 9.97 Å². The lowest BCUT2D eigenvalue weighted by atomic mass is 9.97. The second-order valence-corrected chi connectivity index (χ2v) is 10.7. The van der Waals surface area contributed by atoms with E-state index < -0.39 is 0 Å². The molecule has 4 nitrogen and oxygen atoms in total. The summed E-state index contributed by atoms with van der Waals surface area (Å²) in [5, 5.41) is 4.65. The third-order valence-electron chi connectivity index (χ3n) is 8.18. The van der Waals surface area contributed by atoms with Gasteiger partial charge in [0, 0.05) is 44.3 Å². The van der Waals surface area contributed by atoms with Crippen LogP contribution in [0.25, 0.3) is 88.4 Å². The summed E-state index contributed by atoms with van der Waals surface area (Å²) in [5.74, 6) is 0. The Morgan fingerprint density at radius 3 is 1.93 bits per heavy atom. The highest BCUT2D eigenvalue weighted by molar-refractivity contribution is 6.16. The maximum atomic E-state index is 6.14. The molecule has 3 heterocycles. The Morgan fingerprint density at radius 2 is 1.07 bits per heavy atom. The van der Waals surface area contributed by atoms with Crippen LogP contribution in [-0.2, 0) is 0 Å². The van der Waals surface area contributed by atoms with Gasteiger partial charge in [0.25, 0.3) is 0 Å². The molecule has 0 atom stereocenters. The van der Waals surface area contributed by atoms with Gasteiger partial charge in [0.2, 0.25) is 0 Å². The molecule has 0 unspecified atom stereocenters. The van der Waals surface area contributed by atoms with E-state index in [2.05, 4.69) is 83.8 Å². The fourth-order valence-corrected chi connectivity index (χ4v) is 6.14. The monoisotopic (exact) mass is 537 g/mol. The molecule has 4 heteroatoms. The topological polar surface area (TPSA) is 54.7 Å².